The third-order valence-electron chi connectivity index (χ3n) is 6.72. The highest BCUT2D eigenvalue weighted by Crippen LogP contribution is 2.47. The van der Waals surface area contributed by atoms with E-state index in [0.717, 1.165) is 16.7 Å². The summed E-state index contributed by atoms with van der Waals surface area (Å²) in [5.74, 6) is 1.39. The number of likely N-dealkylation sites (N-methyl/N-ethyl adjacent to an activating group) is 1. The molecule has 6 nitrogen and oxygen atoms in total. The molecule has 5 rings (SSSR count). The summed E-state index contributed by atoms with van der Waals surface area (Å²) in [6, 6.07) is 25.7. The number of amides is 1. The van der Waals surface area contributed by atoms with E-state index in [9.17, 15) is 4.79 Å². The van der Waals surface area contributed by atoms with Gasteiger partial charge in [-0.15, -0.1) is 0 Å². The molecule has 1 heterocycles. The molecule has 1 fully saturated rings. The van der Waals surface area contributed by atoms with Gasteiger partial charge in [0.25, 0.3) is 0 Å². The minimum atomic E-state index is -0.0154. The lowest BCUT2D eigenvalue weighted by Gasteiger charge is -2.18. The fourth-order valence-corrected chi connectivity index (χ4v) is 4.60. The Morgan fingerprint density at radius 3 is 2.53 bits per heavy atom. The molecule has 1 amide bonds. The highest BCUT2D eigenvalue weighted by Gasteiger charge is 2.30. The molecule has 3 aromatic carbocycles. The number of fused-ring (bicyclic) bond motifs is 1. The monoisotopic (exact) mass is 506 g/mol. The lowest BCUT2D eigenvalue weighted by atomic mass is 9.86. The summed E-state index contributed by atoms with van der Waals surface area (Å²) >= 11 is 0. The van der Waals surface area contributed by atoms with Gasteiger partial charge in [-0.2, -0.15) is 5.10 Å². The second-order valence-electron chi connectivity index (χ2n) is 9.81. The van der Waals surface area contributed by atoms with Gasteiger partial charge in [0.2, 0.25) is 5.91 Å². The first-order chi connectivity index (χ1) is 18.6. The number of ether oxygens (including phenoxy) is 1. The number of carbonyl (C=O) groups excluding carboxylic acids is 1. The van der Waals surface area contributed by atoms with Crippen molar-refractivity contribution in [1.82, 2.24) is 20.4 Å². The maximum absolute atomic E-state index is 11.6. The molecule has 2 N–H and O–H groups in total. The van der Waals surface area contributed by atoms with Crippen LogP contribution in [0.5, 0.6) is 5.75 Å². The fraction of sp³-hybridized carbons (Fsp3) is 0.250. The number of allylic oxidation sites excluding steroid dienone is 1. The Labute approximate surface area is 224 Å². The van der Waals surface area contributed by atoms with Crippen molar-refractivity contribution >= 4 is 28.0 Å². The van der Waals surface area contributed by atoms with Crippen LogP contribution in [0.25, 0.3) is 22.0 Å². The number of H-pyrrole nitrogens is 1. The lowest BCUT2D eigenvalue weighted by molar-refractivity contribution is -0.123. The van der Waals surface area contributed by atoms with E-state index in [1.165, 1.54) is 40.7 Å². The van der Waals surface area contributed by atoms with Crippen LogP contribution in [0.2, 0.25) is 0 Å². The van der Waals surface area contributed by atoms with Crippen LogP contribution in [-0.4, -0.2) is 54.8 Å². The Hall–Kier alpha value is -4.16. The van der Waals surface area contributed by atoms with Gasteiger partial charge in [-0.3, -0.25) is 9.89 Å². The number of nitrogens with one attached hydrogen (secondary N) is 2. The van der Waals surface area contributed by atoms with Gasteiger partial charge in [-0.1, -0.05) is 54.6 Å². The zero-order chi connectivity index (χ0) is 26.3. The Balaban J connectivity index is 1.34. The van der Waals surface area contributed by atoms with Crippen molar-refractivity contribution in [3.05, 3.63) is 108 Å². The molecule has 38 heavy (non-hydrogen) atoms. The Kier molecular flexibility index (Phi) is 8.00. The second kappa shape index (κ2) is 11.9. The molecule has 0 aliphatic heterocycles. The van der Waals surface area contributed by atoms with E-state index >= 15 is 0 Å². The van der Waals surface area contributed by atoms with Crippen LogP contribution >= 0.6 is 0 Å². The maximum Gasteiger partial charge on any atom is 0.245 e. The van der Waals surface area contributed by atoms with Gasteiger partial charge < -0.3 is 15.0 Å². The van der Waals surface area contributed by atoms with Crippen molar-refractivity contribution in [3.63, 3.8) is 0 Å². The topological polar surface area (TPSA) is 70.2 Å². The molecule has 1 aliphatic carbocycles. The van der Waals surface area contributed by atoms with Gasteiger partial charge in [0.1, 0.15) is 12.4 Å². The average Bonchev–Trinajstić information content (AvgIpc) is 3.67. The van der Waals surface area contributed by atoms with E-state index in [1.807, 2.05) is 12.3 Å². The van der Waals surface area contributed by atoms with Gasteiger partial charge in [-0.25, -0.2) is 0 Å². The first-order valence-electron chi connectivity index (χ1n) is 13.1. The standard InChI is InChI=1S/C32H34N4O2/c1-36(2)30(37)9-6-18-33-19-20-38-28-15-12-25(13-16-28)32(26-14-17-29-27(21-26)22-34-35-29)31(24-10-11-24)23-7-4-3-5-8-23/h3-9,12-17,21-22,24,33H,10-11,18-20H2,1-2H3,(H,34,35). The maximum atomic E-state index is 11.6. The highest BCUT2D eigenvalue weighted by atomic mass is 16.5. The normalized spacial score (nSPS) is 14.1. The molecular formula is C32H34N4O2. The van der Waals surface area contributed by atoms with Crippen molar-refractivity contribution in [2.24, 2.45) is 5.92 Å². The molecule has 0 radical (unpaired) electrons. The number of aromatic nitrogens is 2. The smallest absolute Gasteiger partial charge is 0.245 e. The summed E-state index contributed by atoms with van der Waals surface area (Å²) in [5.41, 5.74) is 7.38. The summed E-state index contributed by atoms with van der Waals surface area (Å²) in [5, 5.41) is 11.7. The molecule has 0 spiro atoms. The number of aromatic amines is 1. The molecule has 1 aromatic heterocycles. The molecule has 0 atom stereocenters. The van der Waals surface area contributed by atoms with Crippen LogP contribution < -0.4 is 10.1 Å². The first-order valence-corrected chi connectivity index (χ1v) is 13.1. The number of benzene rings is 3. The van der Waals surface area contributed by atoms with E-state index in [0.29, 0.717) is 25.6 Å². The van der Waals surface area contributed by atoms with Crippen LogP contribution in [0.3, 0.4) is 0 Å². The second-order valence-corrected chi connectivity index (χ2v) is 9.81. The highest BCUT2D eigenvalue weighted by molar-refractivity contribution is 6.01. The fourth-order valence-electron chi connectivity index (χ4n) is 4.60. The van der Waals surface area contributed by atoms with E-state index in [-0.39, 0.29) is 5.91 Å². The summed E-state index contributed by atoms with van der Waals surface area (Å²) in [6.45, 7) is 1.87. The van der Waals surface area contributed by atoms with Gasteiger partial charge in [0.15, 0.2) is 0 Å². The predicted octanol–water partition coefficient (Wildman–Crippen LogP) is 5.54. The molecule has 0 saturated heterocycles. The van der Waals surface area contributed by atoms with Crippen molar-refractivity contribution in [2.75, 3.05) is 33.8 Å². The third-order valence-corrected chi connectivity index (χ3v) is 6.72. The molecular weight excluding hydrogens is 472 g/mol. The third kappa shape index (κ3) is 6.21. The van der Waals surface area contributed by atoms with Crippen molar-refractivity contribution < 1.29 is 9.53 Å². The number of carbonyl (C=O) groups is 1. The van der Waals surface area contributed by atoms with E-state index in [2.05, 4.69) is 88.3 Å². The molecule has 4 aromatic rings. The first kappa shape index (κ1) is 25.5. The summed E-state index contributed by atoms with van der Waals surface area (Å²) in [6.07, 6.45) is 7.72. The van der Waals surface area contributed by atoms with Crippen molar-refractivity contribution in [2.45, 2.75) is 12.8 Å². The Bertz CT molecular complexity index is 1430. The zero-order valence-electron chi connectivity index (χ0n) is 22.0. The van der Waals surface area contributed by atoms with Crippen LogP contribution in [0.15, 0.2) is 91.1 Å². The van der Waals surface area contributed by atoms with Crippen molar-refractivity contribution in [1.29, 1.82) is 0 Å². The summed E-state index contributed by atoms with van der Waals surface area (Å²) < 4.78 is 5.97. The van der Waals surface area contributed by atoms with Crippen LogP contribution in [0.1, 0.15) is 29.5 Å². The summed E-state index contributed by atoms with van der Waals surface area (Å²) in [4.78, 5) is 13.1. The number of hydrogen-bond donors (Lipinski definition) is 2. The Morgan fingerprint density at radius 1 is 1.03 bits per heavy atom. The lowest BCUT2D eigenvalue weighted by Crippen LogP contribution is -2.22. The molecule has 194 valence electrons. The predicted molar refractivity (Wildman–Crippen MR) is 154 cm³/mol. The minimum Gasteiger partial charge on any atom is -0.492 e. The molecule has 1 aliphatic rings. The van der Waals surface area contributed by atoms with Gasteiger partial charge in [0, 0.05) is 38.6 Å². The van der Waals surface area contributed by atoms with Gasteiger partial charge in [0.05, 0.1) is 11.7 Å². The van der Waals surface area contributed by atoms with Gasteiger partial charge in [-0.05, 0) is 70.9 Å². The van der Waals surface area contributed by atoms with E-state index < -0.39 is 0 Å². The molecule has 6 heteroatoms. The molecule has 0 bridgehead atoms. The van der Waals surface area contributed by atoms with Crippen molar-refractivity contribution in [3.8, 4) is 5.75 Å². The number of nitrogens with zero attached hydrogens (tertiary/aromatic N) is 2. The van der Waals surface area contributed by atoms with E-state index in [1.54, 1.807) is 25.1 Å². The average molecular weight is 507 g/mol. The van der Waals surface area contributed by atoms with Crippen LogP contribution in [-0.2, 0) is 4.79 Å². The van der Waals surface area contributed by atoms with Crippen LogP contribution in [0, 0.1) is 5.92 Å². The number of rotatable bonds is 11. The van der Waals surface area contributed by atoms with E-state index in [4.69, 9.17) is 4.74 Å². The minimum absolute atomic E-state index is 0.0154. The number of hydrogen-bond acceptors (Lipinski definition) is 4. The molecule has 1 saturated carbocycles. The molecule has 0 unspecified atom stereocenters. The largest absolute Gasteiger partial charge is 0.492 e. The zero-order valence-corrected chi connectivity index (χ0v) is 22.0. The quantitative estimate of drug-likeness (QED) is 0.159. The Morgan fingerprint density at radius 2 is 1.79 bits per heavy atom. The SMILES string of the molecule is CN(C)C(=O)C=CCNCCOc1ccc(C(=C(c2ccccc2)C2CC2)c2ccc3[nH]ncc3c2)cc1. The van der Waals surface area contributed by atoms with Gasteiger partial charge >= 0.3 is 0 Å². The summed E-state index contributed by atoms with van der Waals surface area (Å²) in [7, 11) is 3.48. The van der Waals surface area contributed by atoms with Crippen LogP contribution in [0.4, 0.5) is 0 Å².